The molecular weight excluding hydrogens is 250 g/mol. The van der Waals surface area contributed by atoms with Gasteiger partial charge in [0.1, 0.15) is 5.82 Å². The summed E-state index contributed by atoms with van der Waals surface area (Å²) in [5.74, 6) is 2.86. The van der Waals surface area contributed by atoms with Crippen molar-refractivity contribution in [3.63, 3.8) is 0 Å². The van der Waals surface area contributed by atoms with Crippen LogP contribution in [0, 0.1) is 0 Å². The smallest absolute Gasteiger partial charge is 0.154 e. The molecule has 1 unspecified atom stereocenters. The first kappa shape index (κ1) is 12.0. The zero-order chi connectivity index (χ0) is 13.4. The molecule has 0 aromatic carbocycles. The number of pyridine rings is 1. The van der Waals surface area contributed by atoms with Gasteiger partial charge in [-0.05, 0) is 24.5 Å². The number of hydrogen-bond donors (Lipinski definition) is 1. The Morgan fingerprint density at radius 2 is 2.00 bits per heavy atom. The van der Waals surface area contributed by atoms with Crippen molar-refractivity contribution in [1.82, 2.24) is 25.1 Å². The van der Waals surface area contributed by atoms with E-state index in [4.69, 9.17) is 0 Å². The third-order valence-corrected chi connectivity index (χ3v) is 4.49. The second-order valence-corrected chi connectivity index (χ2v) is 5.72. The van der Waals surface area contributed by atoms with Crippen LogP contribution in [0.4, 0.5) is 0 Å². The molecule has 1 saturated carbocycles. The highest BCUT2D eigenvalue weighted by Gasteiger charge is 2.30. The Bertz CT molecular complexity index is 586. The van der Waals surface area contributed by atoms with Gasteiger partial charge in [-0.3, -0.25) is 4.98 Å². The summed E-state index contributed by atoms with van der Waals surface area (Å²) in [6, 6.07) is 4.20. The molecule has 0 radical (unpaired) electrons. The average molecular weight is 269 g/mol. The minimum absolute atomic E-state index is 0.125. The molecule has 1 aliphatic carbocycles. The van der Waals surface area contributed by atoms with Crippen LogP contribution in [0.1, 0.15) is 54.9 Å². The van der Waals surface area contributed by atoms with E-state index < -0.39 is 0 Å². The van der Waals surface area contributed by atoms with Gasteiger partial charge in [0.2, 0.25) is 0 Å². The minimum Gasteiger partial charge on any atom is -0.312 e. The van der Waals surface area contributed by atoms with Crippen molar-refractivity contribution in [2.45, 2.75) is 44.2 Å². The molecule has 1 N–H and O–H groups in total. The maximum Gasteiger partial charge on any atom is 0.154 e. The lowest BCUT2D eigenvalue weighted by atomic mass is 10.1. The third kappa shape index (κ3) is 1.93. The van der Waals surface area contributed by atoms with Gasteiger partial charge in [-0.15, -0.1) is 10.2 Å². The first-order chi connectivity index (χ1) is 9.93. The molecule has 1 fully saturated rings. The summed E-state index contributed by atoms with van der Waals surface area (Å²) in [6.45, 7) is 1.94. The lowest BCUT2D eigenvalue weighted by Gasteiger charge is -2.26. The van der Waals surface area contributed by atoms with Gasteiger partial charge in [-0.1, -0.05) is 18.9 Å². The van der Waals surface area contributed by atoms with Crippen molar-refractivity contribution in [2.75, 3.05) is 6.54 Å². The average Bonchev–Trinajstić information content (AvgIpc) is 3.16. The summed E-state index contributed by atoms with van der Waals surface area (Å²) in [6.07, 6.45) is 8.92. The van der Waals surface area contributed by atoms with Gasteiger partial charge in [0.05, 0.1) is 6.04 Å². The summed E-state index contributed by atoms with van der Waals surface area (Å²) < 4.78 is 2.34. The predicted octanol–water partition coefficient (Wildman–Crippen LogP) is 2.02. The predicted molar refractivity (Wildman–Crippen MR) is 75.3 cm³/mol. The van der Waals surface area contributed by atoms with E-state index in [1.165, 1.54) is 37.1 Å². The zero-order valence-electron chi connectivity index (χ0n) is 11.5. The van der Waals surface area contributed by atoms with Crippen LogP contribution in [-0.4, -0.2) is 26.3 Å². The third-order valence-electron chi connectivity index (χ3n) is 4.49. The van der Waals surface area contributed by atoms with Crippen molar-refractivity contribution in [3.8, 4) is 0 Å². The van der Waals surface area contributed by atoms with E-state index in [1.54, 1.807) is 6.20 Å². The fourth-order valence-electron chi connectivity index (χ4n) is 3.48. The molecule has 4 rings (SSSR count). The van der Waals surface area contributed by atoms with Gasteiger partial charge >= 0.3 is 0 Å². The standard InChI is InChI=1S/C15H19N5/c1-2-5-11(4-1)14-18-19-15-13(17-8-9-20(14)15)12-6-3-7-16-10-12/h3,6-7,10-11,13,17H,1-2,4-5,8-9H2. The van der Waals surface area contributed by atoms with Gasteiger partial charge in [0.15, 0.2) is 5.82 Å². The highest BCUT2D eigenvalue weighted by molar-refractivity contribution is 5.24. The molecule has 2 aromatic heterocycles. The van der Waals surface area contributed by atoms with Crippen LogP contribution in [0.2, 0.25) is 0 Å². The first-order valence-electron chi connectivity index (χ1n) is 7.50. The van der Waals surface area contributed by atoms with Gasteiger partial charge < -0.3 is 9.88 Å². The van der Waals surface area contributed by atoms with Crippen molar-refractivity contribution < 1.29 is 0 Å². The molecule has 2 aliphatic rings. The minimum atomic E-state index is 0.125. The number of fused-ring (bicyclic) bond motifs is 1. The van der Waals surface area contributed by atoms with E-state index in [-0.39, 0.29) is 6.04 Å². The molecule has 5 nitrogen and oxygen atoms in total. The molecule has 0 saturated heterocycles. The van der Waals surface area contributed by atoms with Crippen LogP contribution in [0.5, 0.6) is 0 Å². The van der Waals surface area contributed by atoms with E-state index in [0.717, 1.165) is 18.9 Å². The first-order valence-corrected chi connectivity index (χ1v) is 7.50. The number of rotatable bonds is 2. The summed E-state index contributed by atoms with van der Waals surface area (Å²) in [5.41, 5.74) is 1.17. The molecule has 3 heterocycles. The second-order valence-electron chi connectivity index (χ2n) is 5.72. The van der Waals surface area contributed by atoms with Gasteiger partial charge in [-0.25, -0.2) is 0 Å². The topological polar surface area (TPSA) is 55.6 Å². The van der Waals surface area contributed by atoms with Gasteiger partial charge in [0.25, 0.3) is 0 Å². The largest absolute Gasteiger partial charge is 0.312 e. The summed E-state index contributed by atoms with van der Waals surface area (Å²) >= 11 is 0. The van der Waals surface area contributed by atoms with E-state index >= 15 is 0 Å². The van der Waals surface area contributed by atoms with Crippen LogP contribution in [-0.2, 0) is 6.54 Å². The summed E-state index contributed by atoms with van der Waals surface area (Å²) in [5, 5.41) is 12.5. The number of nitrogens with zero attached hydrogens (tertiary/aromatic N) is 4. The van der Waals surface area contributed by atoms with Crippen LogP contribution in [0.25, 0.3) is 0 Å². The molecule has 0 spiro atoms. The molecule has 104 valence electrons. The van der Waals surface area contributed by atoms with Crippen LogP contribution in [0.15, 0.2) is 24.5 Å². The molecule has 0 bridgehead atoms. The molecular formula is C15H19N5. The highest BCUT2D eigenvalue weighted by atomic mass is 15.3. The number of hydrogen-bond acceptors (Lipinski definition) is 4. The fourth-order valence-corrected chi connectivity index (χ4v) is 3.48. The van der Waals surface area contributed by atoms with E-state index in [2.05, 4.69) is 31.1 Å². The Labute approximate surface area is 118 Å². The number of nitrogens with one attached hydrogen (secondary N) is 1. The molecule has 2 aromatic rings. The van der Waals surface area contributed by atoms with Gasteiger partial charge in [-0.2, -0.15) is 0 Å². The van der Waals surface area contributed by atoms with Crippen LogP contribution >= 0.6 is 0 Å². The van der Waals surface area contributed by atoms with Crippen molar-refractivity contribution >= 4 is 0 Å². The normalized spacial score (nSPS) is 22.9. The SMILES string of the molecule is c1cncc(C2NCCn3c(C4CCCC4)nnc32)c1. The van der Waals surface area contributed by atoms with Crippen LogP contribution < -0.4 is 5.32 Å². The molecule has 5 heteroatoms. The monoisotopic (exact) mass is 269 g/mol. The van der Waals surface area contributed by atoms with Crippen molar-refractivity contribution in [1.29, 1.82) is 0 Å². The lowest BCUT2D eigenvalue weighted by molar-refractivity contribution is 0.438. The maximum absolute atomic E-state index is 4.51. The fraction of sp³-hybridized carbons (Fsp3) is 0.533. The van der Waals surface area contributed by atoms with E-state index in [9.17, 15) is 0 Å². The van der Waals surface area contributed by atoms with Gasteiger partial charge in [0, 0.05) is 31.4 Å². The molecule has 0 amide bonds. The summed E-state index contributed by atoms with van der Waals surface area (Å²) in [4.78, 5) is 4.22. The second kappa shape index (κ2) is 4.98. The Morgan fingerprint density at radius 3 is 2.80 bits per heavy atom. The van der Waals surface area contributed by atoms with Crippen molar-refractivity contribution in [3.05, 3.63) is 41.7 Å². The molecule has 1 aliphatic heterocycles. The quantitative estimate of drug-likeness (QED) is 0.906. The highest BCUT2D eigenvalue weighted by Crippen LogP contribution is 2.35. The van der Waals surface area contributed by atoms with Crippen LogP contribution in [0.3, 0.4) is 0 Å². The molecule has 1 atom stereocenters. The maximum atomic E-state index is 4.51. The lowest BCUT2D eigenvalue weighted by Crippen LogP contribution is -2.35. The Kier molecular flexibility index (Phi) is 2.99. The zero-order valence-corrected chi connectivity index (χ0v) is 11.5. The Morgan fingerprint density at radius 1 is 1.15 bits per heavy atom. The number of aromatic nitrogens is 4. The Hall–Kier alpha value is -1.75. The Balaban J connectivity index is 1.71. The summed E-state index contributed by atoms with van der Waals surface area (Å²) in [7, 11) is 0. The van der Waals surface area contributed by atoms with E-state index in [1.807, 2.05) is 12.3 Å². The van der Waals surface area contributed by atoms with E-state index in [0.29, 0.717) is 5.92 Å². The van der Waals surface area contributed by atoms with Crippen molar-refractivity contribution in [2.24, 2.45) is 0 Å². The molecule has 20 heavy (non-hydrogen) atoms.